The van der Waals surface area contributed by atoms with E-state index in [0.29, 0.717) is 41.3 Å². The van der Waals surface area contributed by atoms with Gasteiger partial charge in [0, 0.05) is 42.7 Å². The average molecular weight is 480 g/mol. The van der Waals surface area contributed by atoms with Crippen LogP contribution in [-0.2, 0) is 16.0 Å². The number of pyridine rings is 2. The van der Waals surface area contributed by atoms with Gasteiger partial charge in [0.2, 0.25) is 5.88 Å². The van der Waals surface area contributed by atoms with E-state index in [4.69, 9.17) is 29.0 Å². The van der Waals surface area contributed by atoms with Crippen molar-refractivity contribution in [2.75, 3.05) is 27.4 Å². The molecule has 1 fully saturated rings. The molecule has 0 aliphatic carbocycles. The van der Waals surface area contributed by atoms with E-state index < -0.39 is 0 Å². The molecule has 5 rings (SSSR count). The van der Waals surface area contributed by atoms with E-state index in [-0.39, 0.29) is 12.2 Å². The van der Waals surface area contributed by atoms with Gasteiger partial charge in [-0.05, 0) is 38.0 Å². The van der Waals surface area contributed by atoms with Crippen LogP contribution in [0.3, 0.4) is 0 Å². The molecule has 0 saturated carbocycles. The Bertz CT molecular complexity index is 1360. The van der Waals surface area contributed by atoms with Gasteiger partial charge in [0.15, 0.2) is 17.9 Å². The van der Waals surface area contributed by atoms with Crippen LogP contribution < -0.4 is 9.47 Å². The summed E-state index contributed by atoms with van der Waals surface area (Å²) in [5.74, 6) is 1.66. The molecule has 0 radical (unpaired) electrons. The van der Waals surface area contributed by atoms with Crippen molar-refractivity contribution in [1.82, 2.24) is 24.3 Å². The van der Waals surface area contributed by atoms with Crippen molar-refractivity contribution in [3.63, 3.8) is 0 Å². The Morgan fingerprint density at radius 3 is 2.66 bits per heavy atom. The SMILES string of the molecule is COc1cc(-c2cc(C)c3c(O)n(-c4cc(C)n(CCC5OCCCO5)n4)cc3n2)cnc1OC. The lowest BCUT2D eigenvalue weighted by atomic mass is 10.1. The van der Waals surface area contributed by atoms with E-state index in [1.165, 1.54) is 0 Å². The van der Waals surface area contributed by atoms with Gasteiger partial charge in [-0.15, -0.1) is 0 Å². The summed E-state index contributed by atoms with van der Waals surface area (Å²) in [6.07, 6.45) is 4.94. The molecule has 4 aromatic heterocycles. The zero-order valence-electron chi connectivity index (χ0n) is 20.3. The molecule has 0 amide bonds. The van der Waals surface area contributed by atoms with Crippen LogP contribution in [-0.4, -0.2) is 63.1 Å². The molecule has 1 saturated heterocycles. The fourth-order valence-electron chi connectivity index (χ4n) is 4.35. The lowest BCUT2D eigenvalue weighted by Gasteiger charge is -2.23. The van der Waals surface area contributed by atoms with Crippen molar-refractivity contribution in [1.29, 1.82) is 0 Å². The first-order valence-corrected chi connectivity index (χ1v) is 11.6. The number of rotatable bonds is 7. The molecule has 10 nitrogen and oxygen atoms in total. The van der Waals surface area contributed by atoms with Gasteiger partial charge in [-0.2, -0.15) is 5.10 Å². The molecule has 0 aromatic carbocycles. The van der Waals surface area contributed by atoms with Gasteiger partial charge in [0.1, 0.15) is 0 Å². The minimum Gasteiger partial charge on any atom is -0.494 e. The molecule has 0 atom stereocenters. The van der Waals surface area contributed by atoms with Crippen LogP contribution in [0.25, 0.3) is 28.0 Å². The Morgan fingerprint density at radius 1 is 1.11 bits per heavy atom. The first kappa shape index (κ1) is 23.1. The quantitative estimate of drug-likeness (QED) is 0.427. The van der Waals surface area contributed by atoms with E-state index >= 15 is 0 Å². The topological polar surface area (TPSA) is 106 Å². The van der Waals surface area contributed by atoms with Crippen molar-refractivity contribution in [3.05, 3.63) is 41.9 Å². The Balaban J connectivity index is 1.46. The second-order valence-electron chi connectivity index (χ2n) is 8.52. The van der Waals surface area contributed by atoms with Crippen LogP contribution in [0.2, 0.25) is 0 Å². The predicted molar refractivity (Wildman–Crippen MR) is 129 cm³/mol. The smallest absolute Gasteiger partial charge is 0.256 e. The molecule has 0 spiro atoms. The molecule has 1 aliphatic heterocycles. The maximum absolute atomic E-state index is 11.1. The molecule has 1 N–H and O–H groups in total. The Labute approximate surface area is 203 Å². The van der Waals surface area contributed by atoms with Crippen LogP contribution >= 0.6 is 0 Å². The van der Waals surface area contributed by atoms with Crippen molar-refractivity contribution in [3.8, 4) is 34.6 Å². The van der Waals surface area contributed by atoms with Crippen molar-refractivity contribution in [2.24, 2.45) is 0 Å². The Morgan fingerprint density at radius 2 is 1.91 bits per heavy atom. The van der Waals surface area contributed by atoms with Crippen LogP contribution in [0, 0.1) is 13.8 Å². The largest absolute Gasteiger partial charge is 0.494 e. The van der Waals surface area contributed by atoms with Gasteiger partial charge in [-0.1, -0.05) is 0 Å². The summed E-state index contributed by atoms with van der Waals surface area (Å²) < 4.78 is 25.5. The number of aromatic hydroxyl groups is 1. The summed E-state index contributed by atoms with van der Waals surface area (Å²) >= 11 is 0. The second kappa shape index (κ2) is 9.55. The summed E-state index contributed by atoms with van der Waals surface area (Å²) in [6.45, 7) is 6.05. The van der Waals surface area contributed by atoms with Crippen molar-refractivity contribution in [2.45, 2.75) is 39.5 Å². The summed E-state index contributed by atoms with van der Waals surface area (Å²) in [5, 5.41) is 16.4. The van der Waals surface area contributed by atoms with Crippen molar-refractivity contribution < 1.29 is 24.1 Å². The predicted octanol–water partition coefficient (Wildman–Crippen LogP) is 3.78. The molecule has 0 unspecified atom stereocenters. The summed E-state index contributed by atoms with van der Waals surface area (Å²) in [4.78, 5) is 9.10. The fraction of sp³-hybridized carbons (Fsp3) is 0.400. The molecule has 5 heterocycles. The lowest BCUT2D eigenvalue weighted by Crippen LogP contribution is -2.26. The number of aromatic nitrogens is 5. The molecular weight excluding hydrogens is 450 g/mol. The maximum Gasteiger partial charge on any atom is 0.256 e. The van der Waals surface area contributed by atoms with Gasteiger partial charge >= 0.3 is 0 Å². The Kier molecular flexibility index (Phi) is 6.31. The van der Waals surface area contributed by atoms with E-state index in [2.05, 4.69) is 4.98 Å². The highest BCUT2D eigenvalue weighted by Gasteiger charge is 2.19. The Hall–Kier alpha value is -3.63. The van der Waals surface area contributed by atoms with Gasteiger partial charge in [0.25, 0.3) is 5.88 Å². The normalized spacial score (nSPS) is 14.5. The standard InChI is InChI=1S/C25H29N5O5/c1-15-10-18(17-12-20(32-3)24(33-4)26-13-17)27-19-14-29(25(31)23(15)19)21-11-16(2)30(28-21)7-6-22-34-8-5-9-35-22/h10-14,22,31H,5-9H2,1-4H3. The summed E-state index contributed by atoms with van der Waals surface area (Å²) in [5.41, 5.74) is 4.03. The van der Waals surface area contributed by atoms with Crippen LogP contribution in [0.4, 0.5) is 0 Å². The first-order valence-electron chi connectivity index (χ1n) is 11.6. The molecule has 1 aliphatic rings. The number of hydrogen-bond acceptors (Lipinski definition) is 8. The summed E-state index contributed by atoms with van der Waals surface area (Å²) in [6, 6.07) is 5.69. The third kappa shape index (κ3) is 4.42. The number of ether oxygens (including phenoxy) is 4. The second-order valence-corrected chi connectivity index (χ2v) is 8.52. The van der Waals surface area contributed by atoms with Gasteiger partial charge in [0.05, 0.1) is 44.0 Å². The molecular formula is C25H29N5O5. The van der Waals surface area contributed by atoms with E-state index in [9.17, 15) is 5.11 Å². The highest BCUT2D eigenvalue weighted by atomic mass is 16.7. The van der Waals surface area contributed by atoms with Gasteiger partial charge in [-0.3, -0.25) is 9.25 Å². The lowest BCUT2D eigenvalue weighted by molar-refractivity contribution is -0.182. The van der Waals surface area contributed by atoms with Crippen LogP contribution in [0.1, 0.15) is 24.1 Å². The van der Waals surface area contributed by atoms with Gasteiger partial charge < -0.3 is 24.1 Å². The monoisotopic (exact) mass is 479 g/mol. The van der Waals surface area contributed by atoms with E-state index in [0.717, 1.165) is 42.1 Å². The van der Waals surface area contributed by atoms with Gasteiger partial charge in [-0.25, -0.2) is 9.97 Å². The number of nitrogens with zero attached hydrogens (tertiary/aromatic N) is 5. The fourth-order valence-corrected chi connectivity index (χ4v) is 4.35. The van der Waals surface area contributed by atoms with Crippen LogP contribution in [0.15, 0.2) is 30.6 Å². The number of aryl methyl sites for hydroxylation is 3. The third-order valence-electron chi connectivity index (χ3n) is 6.16. The molecule has 184 valence electrons. The molecule has 4 aromatic rings. The number of methoxy groups -OCH3 is 2. The molecule has 10 heteroatoms. The minimum atomic E-state index is -0.199. The number of fused-ring (bicyclic) bond motifs is 1. The van der Waals surface area contributed by atoms with E-state index in [1.54, 1.807) is 31.2 Å². The average Bonchev–Trinajstić information content (AvgIpc) is 3.42. The zero-order valence-corrected chi connectivity index (χ0v) is 20.3. The maximum atomic E-state index is 11.1. The molecule has 35 heavy (non-hydrogen) atoms. The highest BCUT2D eigenvalue weighted by molar-refractivity contribution is 5.90. The van der Waals surface area contributed by atoms with Crippen molar-refractivity contribution >= 4 is 10.9 Å². The minimum absolute atomic E-state index is 0.102. The number of hydrogen-bond donors (Lipinski definition) is 1. The van der Waals surface area contributed by atoms with Crippen LogP contribution in [0.5, 0.6) is 17.5 Å². The first-order chi connectivity index (χ1) is 17.0. The summed E-state index contributed by atoms with van der Waals surface area (Å²) in [7, 11) is 3.12. The highest BCUT2D eigenvalue weighted by Crippen LogP contribution is 2.35. The molecule has 0 bridgehead atoms. The third-order valence-corrected chi connectivity index (χ3v) is 6.16. The zero-order chi connectivity index (χ0) is 24.5. The van der Waals surface area contributed by atoms with E-state index in [1.807, 2.05) is 36.7 Å².